The molecule has 0 aliphatic heterocycles. The first-order valence-electron chi connectivity index (χ1n) is 2.95. The molecule has 0 heterocycles. The second kappa shape index (κ2) is 16.9. The van der Waals surface area contributed by atoms with E-state index in [4.69, 9.17) is 0 Å². The summed E-state index contributed by atoms with van der Waals surface area (Å²) in [5.41, 5.74) is 0. The third-order valence-corrected chi connectivity index (χ3v) is 2.48. The molecule has 0 aromatic rings. The van der Waals surface area contributed by atoms with E-state index < -0.39 is 7.60 Å². The maximum Gasteiger partial charge on any atom is 0.186 e. The van der Waals surface area contributed by atoms with Gasteiger partial charge in [-0.2, -0.15) is 13.8 Å². The van der Waals surface area contributed by atoms with Crippen LogP contribution < -0.4 is 0 Å². The van der Waals surface area contributed by atoms with Crippen LogP contribution in [-0.4, -0.2) is 20.0 Å². The molecule has 0 fully saturated rings. The summed E-state index contributed by atoms with van der Waals surface area (Å²) in [7, 11) is 2.85. The molecule has 0 saturated carbocycles. The van der Waals surface area contributed by atoms with Gasteiger partial charge in [-0.05, 0) is 0 Å². The van der Waals surface area contributed by atoms with Crippen molar-refractivity contribution in [3.63, 3.8) is 0 Å². The molecule has 0 bridgehead atoms. The molecule has 0 spiro atoms. The Balaban J connectivity index is -0.0000000720. The minimum absolute atomic E-state index is 0. The van der Waals surface area contributed by atoms with Crippen LogP contribution in [0.15, 0.2) is 0 Å². The largest absolute Gasteiger partial charge is 0.474 e. The van der Waals surface area contributed by atoms with Crippen LogP contribution in [0.2, 0.25) is 0 Å². The topological polar surface area (TPSA) is 35.5 Å². The molecule has 7 heteroatoms. The number of hydrogen-bond donors (Lipinski definition) is 0. The smallest absolute Gasteiger partial charge is 0.186 e. The number of rotatable bonds is 3. The first-order valence-corrected chi connectivity index (χ1v) is 5.06. The summed E-state index contributed by atoms with van der Waals surface area (Å²) < 4.78 is 19.8. The second-order valence-electron chi connectivity index (χ2n) is 1.41. The van der Waals surface area contributed by atoms with Gasteiger partial charge in [-0.25, -0.2) is 6.16 Å². The van der Waals surface area contributed by atoms with Crippen LogP contribution in [0.5, 0.6) is 0 Å². The van der Waals surface area contributed by atoms with Gasteiger partial charge in [0.25, 0.3) is 0 Å². The monoisotopic (exact) mass is 374 g/mol. The molecule has 0 saturated heterocycles. The van der Waals surface area contributed by atoms with Crippen molar-refractivity contribution in [3.05, 3.63) is 6.16 Å². The van der Waals surface area contributed by atoms with E-state index in [0.717, 1.165) is 0 Å². The summed E-state index contributed by atoms with van der Waals surface area (Å²) in [5.74, 6) is 2.56. The molecule has 0 aromatic heterocycles. The van der Waals surface area contributed by atoms with E-state index in [-0.39, 0.29) is 65.4 Å². The summed E-state index contributed by atoms with van der Waals surface area (Å²) in [5, 5.41) is 0. The van der Waals surface area contributed by atoms with Crippen molar-refractivity contribution in [1.29, 1.82) is 0 Å². The van der Waals surface area contributed by atoms with Gasteiger partial charge < -0.3 is 23.7 Å². The van der Waals surface area contributed by atoms with Crippen molar-refractivity contribution in [2.75, 3.05) is 14.2 Å². The van der Waals surface area contributed by atoms with E-state index in [1.54, 1.807) is 13.8 Å². The Kier molecular flexibility index (Phi) is 32.1. The zero-order chi connectivity index (χ0) is 9.33. The van der Waals surface area contributed by atoms with Gasteiger partial charge in [0.1, 0.15) is 0 Å². The first-order chi connectivity index (χ1) is 5.10. The third kappa shape index (κ3) is 17.2. The fourth-order valence-corrected chi connectivity index (χ4v) is 0.856. The average Bonchev–Trinajstić information content (AvgIpc) is 2.05. The van der Waals surface area contributed by atoms with E-state index in [1.807, 2.05) is 0 Å². The van der Waals surface area contributed by atoms with Crippen LogP contribution in [0.25, 0.3) is 0 Å². The molecule has 2 radical (unpaired) electrons. The van der Waals surface area contributed by atoms with Crippen LogP contribution in [-0.2, 0) is 79.0 Å². The molecule has 0 unspecified atom stereocenters. The predicted octanol–water partition coefficient (Wildman–Crippen LogP) is 2.48. The molecule has 0 aliphatic carbocycles. The normalized spacial score (nSPS) is 8.31. The maximum atomic E-state index is 10.8. The van der Waals surface area contributed by atoms with Crippen LogP contribution in [0.4, 0.5) is 0 Å². The predicted molar refractivity (Wildman–Crippen MR) is 50.6 cm³/mol. The molecule has 0 aromatic carbocycles. The second-order valence-corrected chi connectivity index (χ2v) is 4.24. The van der Waals surface area contributed by atoms with E-state index >= 15 is 0 Å². The molecule has 74 valence electrons. The Morgan fingerprint density at radius 2 is 1.54 bits per heavy atom. The standard InChI is InChI=1S/C4H10O3P.C2H4P.2Y/c1-4-8(5,6-2)7-3;1-2-3;;/h4H,1-3H3;3H,1H3;;/q2*-1;;. The summed E-state index contributed by atoms with van der Waals surface area (Å²) in [6.07, 6.45) is 1.41. The van der Waals surface area contributed by atoms with Crippen molar-refractivity contribution in [2.24, 2.45) is 0 Å². The van der Waals surface area contributed by atoms with Crippen molar-refractivity contribution in [3.8, 4) is 0 Å². The fraction of sp³-hybridized carbons (Fsp3) is 0.667. The maximum absolute atomic E-state index is 10.8. The van der Waals surface area contributed by atoms with Gasteiger partial charge in [-0.3, -0.25) is 4.57 Å². The molecule has 13 heavy (non-hydrogen) atoms. The van der Waals surface area contributed by atoms with E-state index in [2.05, 4.69) is 23.7 Å². The van der Waals surface area contributed by atoms with E-state index in [1.165, 1.54) is 20.4 Å². The van der Waals surface area contributed by atoms with Crippen molar-refractivity contribution in [2.45, 2.75) is 13.8 Å². The molecule has 0 rings (SSSR count). The minimum Gasteiger partial charge on any atom is -0.474 e. The van der Waals surface area contributed by atoms with Gasteiger partial charge in [0.05, 0.1) is 0 Å². The molecular weight excluding hydrogens is 360 g/mol. The van der Waals surface area contributed by atoms with Gasteiger partial charge >= 0.3 is 0 Å². The Hall–Kier alpha value is 2.53. The Labute approximate surface area is 134 Å². The van der Waals surface area contributed by atoms with Gasteiger partial charge in [0.2, 0.25) is 0 Å². The molecule has 0 N–H and O–H groups in total. The zero-order valence-electron chi connectivity index (χ0n) is 8.40. The molecule has 0 aliphatic rings. The molecule has 0 amide bonds. The average molecular weight is 374 g/mol. The SMILES string of the molecule is C[C-]=P.C[CH-]P(=O)(OC)OC.[Y].[Y]. The van der Waals surface area contributed by atoms with Crippen molar-refractivity contribution < 1.29 is 79.0 Å². The fourth-order valence-electron chi connectivity index (χ4n) is 0.285. The summed E-state index contributed by atoms with van der Waals surface area (Å²) in [4.78, 5) is 0. The zero-order valence-corrected chi connectivity index (χ0v) is 16.0. The van der Waals surface area contributed by atoms with Gasteiger partial charge in [0.15, 0.2) is 7.60 Å². The molecule has 3 nitrogen and oxygen atoms in total. The quantitative estimate of drug-likeness (QED) is 0.563. The Morgan fingerprint density at radius 3 is 1.54 bits per heavy atom. The summed E-state index contributed by atoms with van der Waals surface area (Å²) in [6, 6.07) is 0. The van der Waals surface area contributed by atoms with Gasteiger partial charge in [0, 0.05) is 79.6 Å². The minimum atomic E-state index is -2.79. The summed E-state index contributed by atoms with van der Waals surface area (Å²) >= 11 is 0. The van der Waals surface area contributed by atoms with Crippen LogP contribution in [0, 0.1) is 6.16 Å². The van der Waals surface area contributed by atoms with Gasteiger partial charge in [-0.15, -0.1) is 0 Å². The first kappa shape index (κ1) is 24.7. The van der Waals surface area contributed by atoms with E-state index in [9.17, 15) is 4.57 Å². The van der Waals surface area contributed by atoms with Crippen molar-refractivity contribution in [1.82, 2.24) is 0 Å². The van der Waals surface area contributed by atoms with Gasteiger partial charge in [-0.1, -0.05) is 0 Å². The molecule has 0 atom stereocenters. The third-order valence-electron chi connectivity index (χ3n) is 0.825. The van der Waals surface area contributed by atoms with Crippen LogP contribution >= 0.6 is 16.5 Å². The summed E-state index contributed by atoms with van der Waals surface area (Å²) in [6.45, 7) is 3.42. The van der Waals surface area contributed by atoms with E-state index in [0.29, 0.717) is 0 Å². The Bertz CT molecular complexity index is 125. The van der Waals surface area contributed by atoms with Crippen molar-refractivity contribution >= 4 is 22.3 Å². The van der Waals surface area contributed by atoms with Crippen LogP contribution in [0.1, 0.15) is 13.8 Å². The van der Waals surface area contributed by atoms with Crippen LogP contribution in [0.3, 0.4) is 0 Å². The number of hydrogen-bond acceptors (Lipinski definition) is 3. The molecular formula is C6H14O3P2Y2-2. The Morgan fingerprint density at radius 1 is 1.31 bits per heavy atom.